The van der Waals surface area contributed by atoms with E-state index in [0.717, 1.165) is 0 Å². The molecule has 0 aliphatic carbocycles. The van der Waals surface area contributed by atoms with Gasteiger partial charge in [0.05, 0.1) is 23.4 Å². The molecule has 3 rings (SSSR count). The van der Waals surface area contributed by atoms with E-state index < -0.39 is 17.9 Å². The third-order valence-corrected chi connectivity index (χ3v) is 6.14. The lowest BCUT2D eigenvalue weighted by Gasteiger charge is -2.36. The number of para-hydroxylation sites is 1. The van der Waals surface area contributed by atoms with Gasteiger partial charge in [-0.25, -0.2) is 9.18 Å². The topological polar surface area (TPSA) is 100 Å². The Kier molecular flexibility index (Phi) is 8.87. The normalized spacial score (nSPS) is 20.9. The molecule has 2 aromatic carbocycles. The maximum atomic E-state index is 14.2. The van der Waals surface area contributed by atoms with Crippen LogP contribution in [-0.4, -0.2) is 73.6 Å². The smallest absolute Gasteiger partial charge is 0.322 e. The molecule has 0 spiro atoms. The zero-order valence-electron chi connectivity index (χ0n) is 21.2. The molecule has 9 nitrogen and oxygen atoms in total. The summed E-state index contributed by atoms with van der Waals surface area (Å²) >= 11 is 0. The summed E-state index contributed by atoms with van der Waals surface area (Å²) in [5, 5.41) is 5.33. The fraction of sp³-hybridized carbons (Fsp3) is 0.423. The Labute approximate surface area is 210 Å². The summed E-state index contributed by atoms with van der Waals surface area (Å²) in [6, 6.07) is 9.85. The van der Waals surface area contributed by atoms with Crippen LogP contribution in [-0.2, 0) is 9.53 Å². The highest BCUT2D eigenvalue weighted by Gasteiger charge is 2.30. The Morgan fingerprint density at radius 2 is 1.83 bits per heavy atom. The number of rotatable bonds is 3. The van der Waals surface area contributed by atoms with Crippen LogP contribution in [0.2, 0.25) is 0 Å². The molecule has 0 aromatic heterocycles. The molecular weight excluding hydrogens is 467 g/mol. The van der Waals surface area contributed by atoms with Gasteiger partial charge in [0.15, 0.2) is 0 Å². The minimum absolute atomic E-state index is 0.0581. The zero-order valence-corrected chi connectivity index (χ0v) is 21.2. The third kappa shape index (κ3) is 6.51. The zero-order chi connectivity index (χ0) is 26.4. The molecule has 3 atom stereocenters. The highest BCUT2D eigenvalue weighted by molar-refractivity contribution is 5.98. The van der Waals surface area contributed by atoms with Gasteiger partial charge in [-0.3, -0.25) is 9.59 Å². The molecule has 36 heavy (non-hydrogen) atoms. The van der Waals surface area contributed by atoms with Gasteiger partial charge in [0, 0.05) is 51.8 Å². The Morgan fingerprint density at radius 3 is 2.50 bits per heavy atom. The van der Waals surface area contributed by atoms with Gasteiger partial charge in [-0.05, 0) is 31.2 Å². The van der Waals surface area contributed by atoms with E-state index in [2.05, 4.69) is 10.6 Å². The summed E-state index contributed by atoms with van der Waals surface area (Å²) in [6.07, 6.45) is -0.364. The second-order valence-electron chi connectivity index (χ2n) is 9.05. The van der Waals surface area contributed by atoms with Crippen molar-refractivity contribution in [1.29, 1.82) is 0 Å². The van der Waals surface area contributed by atoms with E-state index in [1.165, 1.54) is 19.1 Å². The van der Waals surface area contributed by atoms with Crippen LogP contribution in [0.3, 0.4) is 0 Å². The second kappa shape index (κ2) is 11.9. The van der Waals surface area contributed by atoms with E-state index >= 15 is 0 Å². The molecule has 2 aromatic rings. The van der Waals surface area contributed by atoms with Crippen molar-refractivity contribution in [1.82, 2.24) is 9.80 Å². The van der Waals surface area contributed by atoms with Gasteiger partial charge in [0.1, 0.15) is 18.2 Å². The quantitative estimate of drug-likeness (QED) is 0.668. The summed E-state index contributed by atoms with van der Waals surface area (Å²) in [7, 11) is 3.24. The van der Waals surface area contributed by atoms with E-state index in [1.807, 2.05) is 13.8 Å². The standard InChI is InChI=1S/C26H33FN4O5/c1-16-13-31(26(34)29-22-9-7-6-8-21(22)27)17(2)15-36-23-12-19(28-18(3)32)10-11-20(23)25(33)30(4)14-24(16)35-5/h6-12,16-17,24H,13-15H2,1-5H3,(H,28,32)(H,29,34)/t16-,17-,24-/m1/s1. The van der Waals surface area contributed by atoms with Crippen molar-refractivity contribution in [3.05, 3.63) is 53.8 Å². The summed E-state index contributed by atoms with van der Waals surface area (Å²) in [5.74, 6) is -0.919. The van der Waals surface area contributed by atoms with Crippen LogP contribution < -0.4 is 15.4 Å². The SMILES string of the molecule is CO[C@@H]1CN(C)C(=O)c2ccc(NC(C)=O)cc2OC[C@@H](C)N(C(=O)Nc2ccccc2F)C[C@H]1C. The van der Waals surface area contributed by atoms with E-state index in [-0.39, 0.29) is 55.0 Å². The average molecular weight is 501 g/mol. The number of methoxy groups -OCH3 is 1. The van der Waals surface area contributed by atoms with Gasteiger partial charge >= 0.3 is 6.03 Å². The van der Waals surface area contributed by atoms with Crippen molar-refractivity contribution in [2.75, 3.05) is 44.5 Å². The lowest BCUT2D eigenvalue weighted by atomic mass is 10.0. The summed E-state index contributed by atoms with van der Waals surface area (Å²) in [4.78, 5) is 41.1. The van der Waals surface area contributed by atoms with Gasteiger partial charge in [0.2, 0.25) is 5.91 Å². The summed E-state index contributed by atoms with van der Waals surface area (Å²) in [6.45, 7) is 5.75. The Bertz CT molecular complexity index is 1110. The van der Waals surface area contributed by atoms with E-state index in [0.29, 0.717) is 11.3 Å². The van der Waals surface area contributed by atoms with Crippen molar-refractivity contribution in [2.45, 2.75) is 32.9 Å². The monoisotopic (exact) mass is 500 g/mol. The number of hydrogen-bond donors (Lipinski definition) is 2. The first kappa shape index (κ1) is 26.9. The molecule has 1 aliphatic heterocycles. The first-order valence-electron chi connectivity index (χ1n) is 11.8. The molecule has 194 valence electrons. The van der Waals surface area contributed by atoms with Gasteiger partial charge in [0.25, 0.3) is 5.91 Å². The number of benzene rings is 2. The maximum Gasteiger partial charge on any atom is 0.322 e. The number of anilines is 2. The molecule has 0 radical (unpaired) electrons. The molecule has 1 heterocycles. The molecule has 0 fully saturated rings. The maximum absolute atomic E-state index is 14.2. The molecule has 4 amide bonds. The number of fused-ring (bicyclic) bond motifs is 1. The lowest BCUT2D eigenvalue weighted by Crippen LogP contribution is -2.50. The number of carbonyl (C=O) groups excluding carboxylic acids is 3. The molecule has 10 heteroatoms. The average Bonchev–Trinajstić information content (AvgIpc) is 2.84. The largest absolute Gasteiger partial charge is 0.491 e. The summed E-state index contributed by atoms with van der Waals surface area (Å²) < 4.78 is 25.9. The number of ether oxygens (including phenoxy) is 2. The van der Waals surface area contributed by atoms with Crippen LogP contribution in [0.1, 0.15) is 31.1 Å². The van der Waals surface area contributed by atoms with Crippen molar-refractivity contribution < 1.29 is 28.2 Å². The van der Waals surface area contributed by atoms with Gasteiger partial charge < -0.3 is 29.9 Å². The van der Waals surface area contributed by atoms with Crippen LogP contribution in [0.15, 0.2) is 42.5 Å². The number of nitrogens with one attached hydrogen (secondary N) is 2. The molecule has 0 unspecified atom stereocenters. The molecule has 2 N–H and O–H groups in total. The minimum atomic E-state index is -0.536. The first-order chi connectivity index (χ1) is 17.1. The first-order valence-corrected chi connectivity index (χ1v) is 11.8. The number of nitrogens with zero attached hydrogens (tertiary/aromatic N) is 2. The van der Waals surface area contributed by atoms with Crippen LogP contribution in [0.5, 0.6) is 5.75 Å². The van der Waals surface area contributed by atoms with Crippen molar-refractivity contribution in [3.8, 4) is 5.75 Å². The molecule has 0 bridgehead atoms. The van der Waals surface area contributed by atoms with E-state index in [1.54, 1.807) is 54.3 Å². The van der Waals surface area contributed by atoms with Crippen molar-refractivity contribution in [2.24, 2.45) is 5.92 Å². The second-order valence-corrected chi connectivity index (χ2v) is 9.05. The Balaban J connectivity index is 1.95. The Hall–Kier alpha value is -3.66. The minimum Gasteiger partial charge on any atom is -0.491 e. The van der Waals surface area contributed by atoms with Crippen molar-refractivity contribution >= 4 is 29.2 Å². The highest BCUT2D eigenvalue weighted by atomic mass is 19.1. The fourth-order valence-electron chi connectivity index (χ4n) is 4.09. The van der Waals surface area contributed by atoms with Crippen LogP contribution in [0, 0.1) is 11.7 Å². The predicted molar refractivity (Wildman–Crippen MR) is 135 cm³/mol. The summed E-state index contributed by atoms with van der Waals surface area (Å²) in [5.41, 5.74) is 0.881. The number of hydrogen-bond acceptors (Lipinski definition) is 5. The molecule has 0 saturated heterocycles. The number of likely N-dealkylation sites (N-methyl/N-ethyl adjacent to an activating group) is 1. The number of amides is 4. The molecular formula is C26H33FN4O5. The van der Waals surface area contributed by atoms with Crippen LogP contribution in [0.25, 0.3) is 0 Å². The number of carbonyl (C=O) groups is 3. The van der Waals surface area contributed by atoms with Crippen LogP contribution in [0.4, 0.5) is 20.6 Å². The molecule has 1 aliphatic rings. The van der Waals surface area contributed by atoms with Gasteiger partial charge in [-0.2, -0.15) is 0 Å². The van der Waals surface area contributed by atoms with Crippen LogP contribution >= 0.6 is 0 Å². The lowest BCUT2D eigenvalue weighted by molar-refractivity contribution is -0.114. The van der Waals surface area contributed by atoms with E-state index in [9.17, 15) is 18.8 Å². The van der Waals surface area contributed by atoms with Gasteiger partial charge in [-0.1, -0.05) is 19.1 Å². The van der Waals surface area contributed by atoms with E-state index in [4.69, 9.17) is 9.47 Å². The number of halogens is 1. The van der Waals surface area contributed by atoms with Crippen molar-refractivity contribution in [3.63, 3.8) is 0 Å². The third-order valence-electron chi connectivity index (χ3n) is 6.14. The number of urea groups is 1. The fourth-order valence-corrected chi connectivity index (χ4v) is 4.09. The van der Waals surface area contributed by atoms with Gasteiger partial charge in [-0.15, -0.1) is 0 Å². The highest BCUT2D eigenvalue weighted by Crippen LogP contribution is 2.27. The predicted octanol–water partition coefficient (Wildman–Crippen LogP) is 3.82. The Morgan fingerprint density at radius 1 is 1.11 bits per heavy atom. The molecule has 0 saturated carbocycles.